The van der Waals surface area contributed by atoms with E-state index in [2.05, 4.69) is 10.3 Å². The predicted molar refractivity (Wildman–Crippen MR) is 76.7 cm³/mol. The molecule has 0 aliphatic rings. The third-order valence-corrected chi connectivity index (χ3v) is 3.80. The van der Waals surface area contributed by atoms with E-state index in [1.807, 2.05) is 25.3 Å². The molecule has 0 spiro atoms. The van der Waals surface area contributed by atoms with Crippen LogP contribution in [0.1, 0.15) is 21.8 Å². The summed E-state index contributed by atoms with van der Waals surface area (Å²) in [6, 6.07) is 3.42. The van der Waals surface area contributed by atoms with E-state index in [4.69, 9.17) is 0 Å². The molecule has 0 unspecified atom stereocenters. The number of benzene rings is 1. The molecule has 19 heavy (non-hydrogen) atoms. The Hall–Kier alpha value is -1.95. The molecule has 0 saturated carbocycles. The van der Waals surface area contributed by atoms with E-state index in [1.165, 1.54) is 0 Å². The molecule has 0 fully saturated rings. The first-order valence-electron chi connectivity index (χ1n) is 5.88. The van der Waals surface area contributed by atoms with Crippen molar-refractivity contribution >= 4 is 22.7 Å². The van der Waals surface area contributed by atoms with Gasteiger partial charge in [0.15, 0.2) is 0 Å². The van der Waals surface area contributed by atoms with Crippen molar-refractivity contribution in [3.05, 3.63) is 49.5 Å². The number of nitro groups is 1. The van der Waals surface area contributed by atoms with Gasteiger partial charge in [0.25, 0.3) is 5.69 Å². The summed E-state index contributed by atoms with van der Waals surface area (Å²) in [6.07, 6.45) is 0. The summed E-state index contributed by atoms with van der Waals surface area (Å²) in [5, 5.41) is 17.1. The Bertz CT molecular complexity index is 622. The molecule has 100 valence electrons. The second-order valence-corrected chi connectivity index (χ2v) is 5.39. The fraction of sp³-hybridized carbons (Fsp3) is 0.308. The average molecular weight is 277 g/mol. The van der Waals surface area contributed by atoms with Gasteiger partial charge in [0.05, 0.1) is 11.5 Å². The molecule has 0 atom stereocenters. The third-order valence-electron chi connectivity index (χ3n) is 2.84. The van der Waals surface area contributed by atoms with Gasteiger partial charge in [-0.05, 0) is 32.4 Å². The lowest BCUT2D eigenvalue weighted by atomic mass is 10.1. The summed E-state index contributed by atoms with van der Waals surface area (Å²) in [5.41, 5.74) is 3.59. The third kappa shape index (κ3) is 3.08. The van der Waals surface area contributed by atoms with Crippen LogP contribution in [0, 0.1) is 30.9 Å². The van der Waals surface area contributed by atoms with Crippen molar-refractivity contribution in [1.29, 1.82) is 0 Å². The van der Waals surface area contributed by atoms with E-state index in [-0.39, 0.29) is 10.6 Å². The Morgan fingerprint density at radius 2 is 2.05 bits per heavy atom. The molecular weight excluding hydrogens is 262 g/mol. The van der Waals surface area contributed by atoms with E-state index >= 15 is 0 Å². The lowest BCUT2D eigenvalue weighted by Gasteiger charge is -2.09. The zero-order chi connectivity index (χ0) is 14.0. The molecule has 1 heterocycles. The van der Waals surface area contributed by atoms with Crippen LogP contribution in [0.2, 0.25) is 0 Å². The van der Waals surface area contributed by atoms with Gasteiger partial charge in [-0.25, -0.2) is 4.98 Å². The number of nitro benzene ring substituents is 1. The highest BCUT2D eigenvalue weighted by molar-refractivity contribution is 7.09. The molecule has 5 nitrogen and oxygen atoms in total. The number of thiazole rings is 1. The largest absolute Gasteiger partial charge is 0.378 e. The van der Waals surface area contributed by atoms with Crippen LogP contribution < -0.4 is 5.32 Å². The van der Waals surface area contributed by atoms with Crippen LogP contribution in [0.4, 0.5) is 11.4 Å². The number of hydrogen-bond acceptors (Lipinski definition) is 5. The fourth-order valence-corrected chi connectivity index (χ4v) is 2.59. The van der Waals surface area contributed by atoms with Crippen molar-refractivity contribution in [2.75, 3.05) is 5.32 Å². The first-order chi connectivity index (χ1) is 8.97. The fourth-order valence-electron chi connectivity index (χ4n) is 1.88. The number of rotatable bonds is 4. The Morgan fingerprint density at radius 1 is 1.32 bits per heavy atom. The van der Waals surface area contributed by atoms with Gasteiger partial charge >= 0.3 is 0 Å². The van der Waals surface area contributed by atoms with Gasteiger partial charge < -0.3 is 5.32 Å². The molecule has 2 aromatic rings. The second kappa shape index (κ2) is 5.36. The molecule has 6 heteroatoms. The minimum absolute atomic E-state index is 0.142. The van der Waals surface area contributed by atoms with Gasteiger partial charge in [-0.1, -0.05) is 0 Å². The monoisotopic (exact) mass is 277 g/mol. The molecular formula is C13H15N3O2S. The Morgan fingerprint density at radius 3 is 2.63 bits per heavy atom. The van der Waals surface area contributed by atoms with Gasteiger partial charge in [0.1, 0.15) is 5.01 Å². The minimum Gasteiger partial charge on any atom is -0.378 e. The molecule has 0 amide bonds. The Kier molecular flexibility index (Phi) is 3.80. The van der Waals surface area contributed by atoms with Gasteiger partial charge in [0.2, 0.25) is 0 Å². The Balaban J connectivity index is 2.20. The maximum absolute atomic E-state index is 10.9. The lowest BCUT2D eigenvalue weighted by Crippen LogP contribution is -2.02. The molecule has 0 aliphatic carbocycles. The van der Waals surface area contributed by atoms with Gasteiger partial charge in [-0.3, -0.25) is 10.1 Å². The SMILES string of the molecule is Cc1csc(CNc2cc([N+](=O)[O-])c(C)cc2C)n1. The highest BCUT2D eigenvalue weighted by atomic mass is 32.1. The summed E-state index contributed by atoms with van der Waals surface area (Å²) in [5.74, 6) is 0. The highest BCUT2D eigenvalue weighted by Gasteiger charge is 2.13. The van der Waals surface area contributed by atoms with Crippen LogP contribution in [0.3, 0.4) is 0 Å². The van der Waals surface area contributed by atoms with Gasteiger partial charge in [-0.2, -0.15) is 0 Å². The molecule has 0 radical (unpaired) electrons. The van der Waals surface area contributed by atoms with Gasteiger partial charge in [-0.15, -0.1) is 11.3 Å². The maximum atomic E-state index is 10.9. The second-order valence-electron chi connectivity index (χ2n) is 4.45. The van der Waals surface area contributed by atoms with Crippen molar-refractivity contribution in [3.63, 3.8) is 0 Å². The number of nitrogens with one attached hydrogen (secondary N) is 1. The molecule has 1 N–H and O–H groups in total. The maximum Gasteiger partial charge on any atom is 0.274 e. The van der Waals surface area contributed by atoms with E-state index in [0.29, 0.717) is 12.1 Å². The van der Waals surface area contributed by atoms with Gasteiger partial charge in [0, 0.05) is 28.4 Å². The summed E-state index contributed by atoms with van der Waals surface area (Å²) < 4.78 is 0. The summed E-state index contributed by atoms with van der Waals surface area (Å²) in [6.45, 7) is 6.22. The Labute approximate surface area is 115 Å². The van der Waals surface area contributed by atoms with Crippen molar-refractivity contribution in [2.24, 2.45) is 0 Å². The number of anilines is 1. The minimum atomic E-state index is -0.354. The van der Waals surface area contributed by atoms with E-state index in [0.717, 1.165) is 22.0 Å². The zero-order valence-corrected chi connectivity index (χ0v) is 11.9. The van der Waals surface area contributed by atoms with Crippen molar-refractivity contribution in [1.82, 2.24) is 4.98 Å². The van der Waals surface area contributed by atoms with E-state index in [1.54, 1.807) is 24.3 Å². The highest BCUT2D eigenvalue weighted by Crippen LogP contribution is 2.26. The quantitative estimate of drug-likeness (QED) is 0.685. The van der Waals surface area contributed by atoms with Crippen molar-refractivity contribution < 1.29 is 4.92 Å². The lowest BCUT2D eigenvalue weighted by molar-refractivity contribution is -0.385. The smallest absolute Gasteiger partial charge is 0.274 e. The normalized spacial score (nSPS) is 10.5. The molecule has 2 rings (SSSR count). The molecule has 1 aromatic heterocycles. The first kappa shape index (κ1) is 13.5. The summed E-state index contributed by atoms with van der Waals surface area (Å²) in [7, 11) is 0. The van der Waals surface area contributed by atoms with Crippen molar-refractivity contribution in [3.8, 4) is 0 Å². The van der Waals surface area contributed by atoms with Crippen molar-refractivity contribution in [2.45, 2.75) is 27.3 Å². The molecule has 0 bridgehead atoms. The number of aryl methyl sites for hydroxylation is 3. The zero-order valence-electron chi connectivity index (χ0n) is 11.1. The van der Waals surface area contributed by atoms with Crippen LogP contribution >= 0.6 is 11.3 Å². The van der Waals surface area contributed by atoms with Crippen LogP contribution in [-0.4, -0.2) is 9.91 Å². The molecule has 0 aliphatic heterocycles. The molecule has 0 saturated heterocycles. The van der Waals surface area contributed by atoms with E-state index < -0.39 is 0 Å². The van der Waals surface area contributed by atoms with Crippen LogP contribution in [0.5, 0.6) is 0 Å². The number of hydrogen-bond donors (Lipinski definition) is 1. The average Bonchev–Trinajstić information content (AvgIpc) is 2.73. The van der Waals surface area contributed by atoms with E-state index in [9.17, 15) is 10.1 Å². The van der Waals surface area contributed by atoms with Crippen LogP contribution in [0.25, 0.3) is 0 Å². The number of aromatic nitrogens is 1. The summed E-state index contributed by atoms with van der Waals surface area (Å²) >= 11 is 1.58. The van der Waals surface area contributed by atoms with Crippen LogP contribution in [-0.2, 0) is 6.54 Å². The predicted octanol–water partition coefficient (Wildman–Crippen LogP) is 3.59. The number of nitrogens with zero attached hydrogens (tertiary/aromatic N) is 2. The standard InChI is InChI=1S/C13H15N3O2S/c1-8-4-9(2)12(16(17)18)5-11(8)14-6-13-15-10(3)7-19-13/h4-5,7,14H,6H2,1-3H3. The first-order valence-corrected chi connectivity index (χ1v) is 6.76. The van der Waals surface area contributed by atoms with Crippen LogP contribution in [0.15, 0.2) is 17.5 Å². The molecule has 1 aromatic carbocycles. The summed E-state index contributed by atoms with van der Waals surface area (Å²) in [4.78, 5) is 14.9. The topological polar surface area (TPSA) is 68.1 Å².